The van der Waals surface area contributed by atoms with Crippen LogP contribution in [0.4, 0.5) is 0 Å². The molecule has 2 rings (SSSR count). The number of rotatable bonds is 5. The lowest BCUT2D eigenvalue weighted by atomic mass is 10.1. The van der Waals surface area contributed by atoms with E-state index < -0.39 is 0 Å². The molecule has 0 aliphatic rings. The molecular weight excluding hydrogens is 234 g/mol. The van der Waals surface area contributed by atoms with Crippen molar-refractivity contribution >= 4 is 11.3 Å². The van der Waals surface area contributed by atoms with Crippen LogP contribution in [0.15, 0.2) is 24.3 Å². The highest BCUT2D eigenvalue weighted by Gasteiger charge is 2.07. The summed E-state index contributed by atoms with van der Waals surface area (Å²) in [7, 11) is 3.59. The van der Waals surface area contributed by atoms with Gasteiger partial charge in [-0.2, -0.15) is 0 Å². The molecular formula is C12H15N3OS. The van der Waals surface area contributed by atoms with Gasteiger partial charge in [0.25, 0.3) is 0 Å². The monoisotopic (exact) mass is 249 g/mol. The first-order valence-corrected chi connectivity index (χ1v) is 6.23. The molecule has 1 aromatic carbocycles. The van der Waals surface area contributed by atoms with Gasteiger partial charge in [-0.1, -0.05) is 29.5 Å². The molecule has 0 bridgehead atoms. The normalized spacial score (nSPS) is 10.5. The Morgan fingerprint density at radius 3 is 2.76 bits per heavy atom. The van der Waals surface area contributed by atoms with Gasteiger partial charge in [0.1, 0.15) is 15.8 Å². The molecule has 0 saturated carbocycles. The largest absolute Gasteiger partial charge is 0.496 e. The fourth-order valence-corrected chi connectivity index (χ4v) is 2.47. The van der Waals surface area contributed by atoms with Gasteiger partial charge in [-0.05, 0) is 13.1 Å². The highest BCUT2D eigenvalue weighted by Crippen LogP contribution is 2.22. The lowest BCUT2D eigenvalue weighted by molar-refractivity contribution is 0.410. The van der Waals surface area contributed by atoms with E-state index in [1.54, 1.807) is 18.4 Å². The minimum absolute atomic E-state index is 0.767. The third-order valence-electron chi connectivity index (χ3n) is 2.37. The third kappa shape index (κ3) is 3.01. The SMILES string of the molecule is CNCc1nnc(Cc2ccccc2OC)s1. The number of hydrogen-bond acceptors (Lipinski definition) is 5. The predicted octanol–water partition coefficient (Wildman–Crippen LogP) is 1.86. The molecule has 2 aromatic rings. The van der Waals surface area contributed by atoms with Crippen molar-refractivity contribution in [2.24, 2.45) is 0 Å². The van der Waals surface area contributed by atoms with Crippen molar-refractivity contribution in [2.45, 2.75) is 13.0 Å². The summed E-state index contributed by atoms with van der Waals surface area (Å²) in [6, 6.07) is 7.99. The summed E-state index contributed by atoms with van der Waals surface area (Å²) < 4.78 is 5.32. The van der Waals surface area contributed by atoms with E-state index in [1.807, 2.05) is 25.2 Å². The first kappa shape index (κ1) is 12.0. The van der Waals surface area contributed by atoms with Crippen LogP contribution in [0.1, 0.15) is 15.6 Å². The van der Waals surface area contributed by atoms with Crippen LogP contribution >= 0.6 is 11.3 Å². The second kappa shape index (κ2) is 5.75. The topological polar surface area (TPSA) is 47.0 Å². The Bertz CT molecular complexity index is 484. The van der Waals surface area contributed by atoms with Crippen molar-refractivity contribution in [3.63, 3.8) is 0 Å². The molecule has 0 aliphatic heterocycles. The Kier molecular flexibility index (Phi) is 4.06. The van der Waals surface area contributed by atoms with Gasteiger partial charge >= 0.3 is 0 Å². The highest BCUT2D eigenvalue weighted by atomic mass is 32.1. The molecule has 0 saturated heterocycles. The van der Waals surface area contributed by atoms with E-state index in [2.05, 4.69) is 21.6 Å². The van der Waals surface area contributed by atoms with Gasteiger partial charge in [0.2, 0.25) is 0 Å². The van der Waals surface area contributed by atoms with E-state index in [0.29, 0.717) is 0 Å². The second-order valence-electron chi connectivity index (χ2n) is 3.61. The Morgan fingerprint density at radius 2 is 2.00 bits per heavy atom. The van der Waals surface area contributed by atoms with Crippen molar-refractivity contribution in [3.05, 3.63) is 39.8 Å². The number of ether oxygens (including phenoxy) is 1. The van der Waals surface area contributed by atoms with Gasteiger partial charge in [0.15, 0.2) is 0 Å². The smallest absolute Gasteiger partial charge is 0.131 e. The summed E-state index contributed by atoms with van der Waals surface area (Å²) in [5.74, 6) is 0.901. The summed E-state index contributed by atoms with van der Waals surface area (Å²) in [6.45, 7) is 0.767. The Morgan fingerprint density at radius 1 is 1.24 bits per heavy atom. The number of para-hydroxylation sites is 1. The molecule has 1 heterocycles. The van der Waals surface area contributed by atoms with Crippen LogP contribution in [-0.2, 0) is 13.0 Å². The molecule has 0 fully saturated rings. The molecule has 5 heteroatoms. The van der Waals surface area contributed by atoms with Crippen molar-refractivity contribution in [3.8, 4) is 5.75 Å². The fraction of sp³-hybridized carbons (Fsp3) is 0.333. The van der Waals surface area contributed by atoms with Crippen molar-refractivity contribution in [2.75, 3.05) is 14.2 Å². The summed E-state index contributed by atoms with van der Waals surface area (Å²) in [6.07, 6.45) is 0.769. The second-order valence-corrected chi connectivity index (χ2v) is 4.76. The standard InChI is InChI=1S/C12H15N3OS/c1-13-8-12-15-14-11(17-12)7-9-5-3-4-6-10(9)16-2/h3-6,13H,7-8H2,1-2H3. The maximum Gasteiger partial charge on any atom is 0.131 e. The average Bonchev–Trinajstić information content (AvgIpc) is 2.78. The van der Waals surface area contributed by atoms with Crippen LogP contribution in [0.25, 0.3) is 0 Å². The van der Waals surface area contributed by atoms with Gasteiger partial charge in [-0.3, -0.25) is 0 Å². The quantitative estimate of drug-likeness (QED) is 0.878. The zero-order chi connectivity index (χ0) is 12.1. The zero-order valence-corrected chi connectivity index (χ0v) is 10.8. The van der Waals surface area contributed by atoms with Crippen molar-refractivity contribution < 1.29 is 4.74 Å². The number of hydrogen-bond donors (Lipinski definition) is 1. The Hall–Kier alpha value is -1.46. The molecule has 0 unspecified atom stereocenters. The van der Waals surface area contributed by atoms with Gasteiger partial charge < -0.3 is 10.1 Å². The van der Waals surface area contributed by atoms with E-state index in [4.69, 9.17) is 4.74 Å². The molecule has 0 aliphatic carbocycles. The van der Waals surface area contributed by atoms with Gasteiger partial charge in [0.05, 0.1) is 7.11 Å². The maximum atomic E-state index is 5.32. The Balaban J connectivity index is 2.13. The van der Waals surface area contributed by atoms with E-state index in [-0.39, 0.29) is 0 Å². The van der Waals surface area contributed by atoms with E-state index in [0.717, 1.165) is 34.3 Å². The predicted molar refractivity (Wildman–Crippen MR) is 68.5 cm³/mol. The zero-order valence-electron chi connectivity index (χ0n) is 9.93. The molecule has 1 aromatic heterocycles. The molecule has 1 N–H and O–H groups in total. The molecule has 17 heavy (non-hydrogen) atoms. The Labute approximate surface area is 105 Å². The number of aromatic nitrogens is 2. The number of nitrogens with one attached hydrogen (secondary N) is 1. The maximum absolute atomic E-state index is 5.32. The van der Waals surface area contributed by atoms with Crippen molar-refractivity contribution in [1.29, 1.82) is 0 Å². The van der Waals surface area contributed by atoms with Crippen LogP contribution < -0.4 is 10.1 Å². The van der Waals surface area contributed by atoms with Crippen LogP contribution in [0.5, 0.6) is 5.75 Å². The summed E-state index contributed by atoms with van der Waals surface area (Å²) in [4.78, 5) is 0. The summed E-state index contributed by atoms with van der Waals surface area (Å²) in [5.41, 5.74) is 1.14. The minimum Gasteiger partial charge on any atom is -0.496 e. The summed E-state index contributed by atoms with van der Waals surface area (Å²) >= 11 is 1.63. The summed E-state index contributed by atoms with van der Waals surface area (Å²) in [5, 5.41) is 13.4. The number of benzene rings is 1. The van der Waals surface area contributed by atoms with Crippen LogP contribution in [0, 0.1) is 0 Å². The third-order valence-corrected chi connectivity index (χ3v) is 3.29. The molecule has 4 nitrogen and oxygen atoms in total. The van der Waals surface area contributed by atoms with Gasteiger partial charge in [-0.15, -0.1) is 10.2 Å². The molecule has 0 spiro atoms. The van der Waals surface area contributed by atoms with Crippen LogP contribution in [0.3, 0.4) is 0 Å². The first-order valence-electron chi connectivity index (χ1n) is 5.41. The van der Waals surface area contributed by atoms with E-state index >= 15 is 0 Å². The minimum atomic E-state index is 0.767. The number of methoxy groups -OCH3 is 1. The van der Waals surface area contributed by atoms with Crippen LogP contribution in [0.2, 0.25) is 0 Å². The lowest BCUT2D eigenvalue weighted by Crippen LogP contribution is -2.04. The molecule has 0 amide bonds. The lowest BCUT2D eigenvalue weighted by Gasteiger charge is -2.05. The first-order chi connectivity index (χ1) is 8.33. The molecule has 90 valence electrons. The number of nitrogens with zero attached hydrogens (tertiary/aromatic N) is 2. The van der Waals surface area contributed by atoms with E-state index in [9.17, 15) is 0 Å². The highest BCUT2D eigenvalue weighted by molar-refractivity contribution is 7.11. The van der Waals surface area contributed by atoms with Crippen LogP contribution in [-0.4, -0.2) is 24.4 Å². The molecule has 0 atom stereocenters. The fourth-order valence-electron chi connectivity index (χ4n) is 1.59. The average molecular weight is 249 g/mol. The van der Waals surface area contributed by atoms with E-state index in [1.165, 1.54) is 0 Å². The van der Waals surface area contributed by atoms with Crippen molar-refractivity contribution in [1.82, 2.24) is 15.5 Å². The van der Waals surface area contributed by atoms with Gasteiger partial charge in [-0.25, -0.2) is 0 Å². The molecule has 0 radical (unpaired) electrons. The van der Waals surface area contributed by atoms with Gasteiger partial charge in [0, 0.05) is 18.5 Å².